The van der Waals surface area contributed by atoms with Crippen LogP contribution in [0.25, 0.3) is 0 Å². The lowest BCUT2D eigenvalue weighted by molar-refractivity contribution is -0.124. The highest BCUT2D eigenvalue weighted by Crippen LogP contribution is 2.33. The van der Waals surface area contributed by atoms with Crippen molar-refractivity contribution < 1.29 is 9.59 Å². The van der Waals surface area contributed by atoms with Crippen LogP contribution in [0.1, 0.15) is 18.1 Å². The predicted molar refractivity (Wildman–Crippen MR) is 112 cm³/mol. The lowest BCUT2D eigenvalue weighted by atomic mass is 10.1. The molecule has 0 unspecified atom stereocenters. The van der Waals surface area contributed by atoms with Crippen LogP contribution >= 0.6 is 23.4 Å². The van der Waals surface area contributed by atoms with Gasteiger partial charge in [-0.1, -0.05) is 47.6 Å². The van der Waals surface area contributed by atoms with E-state index in [1.165, 1.54) is 16.7 Å². The molecule has 0 aromatic heterocycles. The third kappa shape index (κ3) is 3.68. The van der Waals surface area contributed by atoms with Crippen molar-refractivity contribution in [3.63, 3.8) is 0 Å². The maximum absolute atomic E-state index is 12.5. The first-order valence-electron chi connectivity index (χ1n) is 8.77. The molecule has 0 spiro atoms. The van der Waals surface area contributed by atoms with Gasteiger partial charge in [0, 0.05) is 17.1 Å². The minimum absolute atomic E-state index is 0.127. The summed E-state index contributed by atoms with van der Waals surface area (Å²) in [7, 11) is 0. The van der Waals surface area contributed by atoms with Gasteiger partial charge in [0.05, 0.1) is 11.4 Å². The van der Waals surface area contributed by atoms with Crippen LogP contribution in [-0.4, -0.2) is 39.5 Å². The lowest BCUT2D eigenvalue weighted by Crippen LogP contribution is -2.41. The Balaban J connectivity index is 1.44. The van der Waals surface area contributed by atoms with Crippen molar-refractivity contribution in [1.82, 2.24) is 10.2 Å². The van der Waals surface area contributed by atoms with Gasteiger partial charge in [-0.05, 0) is 36.8 Å². The second-order valence-electron chi connectivity index (χ2n) is 6.41. The summed E-state index contributed by atoms with van der Waals surface area (Å²) in [5.41, 5.74) is 2.55. The smallest absolute Gasteiger partial charge is 0.258 e. The third-order valence-electron chi connectivity index (χ3n) is 4.39. The molecule has 6 nitrogen and oxygen atoms in total. The zero-order chi connectivity index (χ0) is 19.7. The van der Waals surface area contributed by atoms with E-state index in [0.717, 1.165) is 16.8 Å². The number of nitrogens with zero attached hydrogens (tertiary/aromatic N) is 3. The number of thioether (sulfide) groups is 1. The quantitative estimate of drug-likeness (QED) is 0.836. The number of benzene rings is 2. The minimum Gasteiger partial charge on any atom is -0.351 e. The zero-order valence-electron chi connectivity index (χ0n) is 15.1. The molecule has 0 saturated heterocycles. The highest BCUT2D eigenvalue weighted by Gasteiger charge is 2.39. The SMILES string of the molecule is C[C@H]1N=C2c3ccccc3N=C(SCC(=O)NCc3ccc(Cl)cc3)N2C1=O. The summed E-state index contributed by atoms with van der Waals surface area (Å²) in [6.45, 7) is 2.18. The molecule has 4 rings (SSSR count). The van der Waals surface area contributed by atoms with E-state index in [9.17, 15) is 9.59 Å². The number of carbonyl (C=O) groups is 2. The first kappa shape index (κ1) is 18.7. The Morgan fingerprint density at radius 2 is 1.96 bits per heavy atom. The largest absolute Gasteiger partial charge is 0.351 e. The summed E-state index contributed by atoms with van der Waals surface area (Å²) in [4.78, 5) is 35.4. The number of halogens is 1. The number of amides is 2. The van der Waals surface area contributed by atoms with Gasteiger partial charge >= 0.3 is 0 Å². The molecular formula is C20H17ClN4O2S. The van der Waals surface area contributed by atoms with Gasteiger partial charge in [0.1, 0.15) is 11.9 Å². The molecule has 142 valence electrons. The zero-order valence-corrected chi connectivity index (χ0v) is 16.6. The van der Waals surface area contributed by atoms with Crippen molar-refractivity contribution >= 4 is 51.9 Å². The summed E-state index contributed by atoms with van der Waals surface area (Å²) >= 11 is 7.10. The number of aliphatic imine (C=N–C) groups is 2. The van der Waals surface area contributed by atoms with Gasteiger partial charge in [0.15, 0.2) is 5.17 Å². The van der Waals surface area contributed by atoms with E-state index in [-0.39, 0.29) is 17.6 Å². The highest BCUT2D eigenvalue weighted by atomic mass is 35.5. The van der Waals surface area contributed by atoms with Crippen molar-refractivity contribution in [2.45, 2.75) is 19.5 Å². The fourth-order valence-electron chi connectivity index (χ4n) is 2.96. The molecule has 0 saturated carbocycles. The van der Waals surface area contributed by atoms with Crippen molar-refractivity contribution in [2.75, 3.05) is 5.75 Å². The van der Waals surface area contributed by atoms with E-state index in [0.29, 0.717) is 22.6 Å². The Bertz CT molecular complexity index is 1000. The average Bonchev–Trinajstić information content (AvgIpc) is 3.01. The van der Waals surface area contributed by atoms with Crippen molar-refractivity contribution in [3.8, 4) is 0 Å². The maximum atomic E-state index is 12.5. The van der Waals surface area contributed by atoms with Crippen molar-refractivity contribution in [3.05, 3.63) is 64.7 Å². The number of amidine groups is 2. The van der Waals surface area contributed by atoms with Crippen LogP contribution in [0.15, 0.2) is 58.5 Å². The summed E-state index contributed by atoms with van der Waals surface area (Å²) < 4.78 is 0. The van der Waals surface area contributed by atoms with Crippen LogP contribution in [0.3, 0.4) is 0 Å². The molecule has 8 heteroatoms. The molecule has 0 fully saturated rings. The van der Waals surface area contributed by atoms with E-state index < -0.39 is 6.04 Å². The maximum Gasteiger partial charge on any atom is 0.258 e. The third-order valence-corrected chi connectivity index (χ3v) is 5.58. The normalized spacial score (nSPS) is 17.6. The average molecular weight is 413 g/mol. The first-order valence-corrected chi connectivity index (χ1v) is 10.1. The fraction of sp³-hybridized carbons (Fsp3) is 0.200. The molecule has 2 aliphatic rings. The molecule has 2 aromatic carbocycles. The molecule has 2 amide bonds. The summed E-state index contributed by atoms with van der Waals surface area (Å²) in [5, 5.41) is 4.00. The van der Waals surface area contributed by atoms with E-state index >= 15 is 0 Å². The number of para-hydroxylation sites is 1. The molecule has 0 bridgehead atoms. The van der Waals surface area contributed by atoms with Crippen LogP contribution < -0.4 is 5.32 Å². The number of carbonyl (C=O) groups excluding carboxylic acids is 2. The lowest BCUT2D eigenvalue weighted by Gasteiger charge is -2.25. The molecule has 2 heterocycles. The monoisotopic (exact) mass is 412 g/mol. The number of nitrogens with one attached hydrogen (secondary N) is 1. The van der Waals surface area contributed by atoms with Gasteiger partial charge < -0.3 is 5.32 Å². The Hall–Kier alpha value is -2.64. The summed E-state index contributed by atoms with van der Waals surface area (Å²) in [6.07, 6.45) is 0. The second kappa shape index (κ2) is 7.77. The molecule has 28 heavy (non-hydrogen) atoms. The fourth-order valence-corrected chi connectivity index (χ4v) is 3.91. The topological polar surface area (TPSA) is 74.1 Å². The number of hydrogen-bond acceptors (Lipinski definition) is 5. The number of fused-ring (bicyclic) bond motifs is 3. The molecule has 2 aliphatic heterocycles. The van der Waals surface area contributed by atoms with E-state index in [1.807, 2.05) is 36.4 Å². The van der Waals surface area contributed by atoms with Crippen LogP contribution in [-0.2, 0) is 16.1 Å². The number of hydrogen-bond donors (Lipinski definition) is 1. The molecule has 1 atom stereocenters. The van der Waals surface area contributed by atoms with E-state index in [1.54, 1.807) is 19.1 Å². The Kier molecular flexibility index (Phi) is 5.19. The Morgan fingerprint density at radius 3 is 2.75 bits per heavy atom. The van der Waals surface area contributed by atoms with Crippen LogP contribution in [0.2, 0.25) is 5.02 Å². The van der Waals surface area contributed by atoms with Gasteiger partial charge in [-0.2, -0.15) is 0 Å². The van der Waals surface area contributed by atoms with E-state index in [2.05, 4.69) is 15.3 Å². The van der Waals surface area contributed by atoms with Gasteiger partial charge in [-0.25, -0.2) is 9.89 Å². The summed E-state index contributed by atoms with van der Waals surface area (Å²) in [6, 6.07) is 14.4. The van der Waals surface area contributed by atoms with Gasteiger partial charge in [-0.3, -0.25) is 14.6 Å². The highest BCUT2D eigenvalue weighted by molar-refractivity contribution is 8.14. The second-order valence-corrected chi connectivity index (χ2v) is 7.78. The Morgan fingerprint density at radius 1 is 1.21 bits per heavy atom. The standard InChI is InChI=1S/C20H17ClN4O2S/c1-12-19(27)25-18(23-12)15-4-2-3-5-16(15)24-20(25)28-11-17(26)22-10-13-6-8-14(21)9-7-13/h2-9,12H,10-11H2,1H3,(H,22,26)/t12-/m1/s1. The molecular weight excluding hydrogens is 396 g/mol. The molecule has 1 N–H and O–H groups in total. The minimum atomic E-state index is -0.453. The van der Waals surface area contributed by atoms with Gasteiger partial charge in [-0.15, -0.1) is 0 Å². The van der Waals surface area contributed by atoms with E-state index in [4.69, 9.17) is 11.6 Å². The number of rotatable bonds is 4. The van der Waals surface area contributed by atoms with Crippen molar-refractivity contribution in [1.29, 1.82) is 0 Å². The van der Waals surface area contributed by atoms with Gasteiger partial charge in [0.25, 0.3) is 5.91 Å². The Labute approximate surface area is 171 Å². The molecule has 2 aromatic rings. The van der Waals surface area contributed by atoms with Gasteiger partial charge in [0.2, 0.25) is 5.91 Å². The molecule has 0 aliphatic carbocycles. The van der Waals surface area contributed by atoms with Crippen LogP contribution in [0, 0.1) is 0 Å². The molecule has 0 radical (unpaired) electrons. The van der Waals surface area contributed by atoms with Crippen LogP contribution in [0.5, 0.6) is 0 Å². The summed E-state index contributed by atoms with van der Waals surface area (Å²) in [5.74, 6) is 0.490. The van der Waals surface area contributed by atoms with Crippen molar-refractivity contribution in [2.24, 2.45) is 9.98 Å². The van der Waals surface area contributed by atoms with Crippen LogP contribution in [0.4, 0.5) is 5.69 Å². The first-order chi connectivity index (χ1) is 13.5. The predicted octanol–water partition coefficient (Wildman–Crippen LogP) is 3.37.